The number of nitrogens with one attached hydrogen (secondary N) is 1. The number of hydrogen-bond donors (Lipinski definition) is 1. The molecule has 3 rings (SSSR count). The normalized spacial score (nSPS) is 14.4. The first-order valence-corrected chi connectivity index (χ1v) is 8.32. The van der Waals surface area contributed by atoms with Crippen molar-refractivity contribution in [1.82, 2.24) is 5.32 Å². The van der Waals surface area contributed by atoms with Gasteiger partial charge >= 0.3 is 0 Å². The van der Waals surface area contributed by atoms with E-state index in [4.69, 9.17) is 0 Å². The number of rotatable bonds is 6. The highest BCUT2D eigenvalue weighted by Gasteiger charge is 2.17. The van der Waals surface area contributed by atoms with E-state index in [1.807, 2.05) is 6.07 Å². The predicted octanol–water partition coefficient (Wildman–Crippen LogP) is 4.04. The van der Waals surface area contributed by atoms with Crippen molar-refractivity contribution in [3.8, 4) is 0 Å². The zero-order valence-corrected chi connectivity index (χ0v) is 13.5. The zero-order valence-electron chi connectivity index (χ0n) is 13.5. The molecular formula is C19H21F3N2. The molecule has 0 unspecified atom stereocenters. The largest absolute Gasteiger partial charge is 0.371 e. The van der Waals surface area contributed by atoms with Crippen molar-refractivity contribution in [2.24, 2.45) is 0 Å². The van der Waals surface area contributed by atoms with Gasteiger partial charge in [0.05, 0.1) is 0 Å². The third-order valence-electron chi connectivity index (χ3n) is 4.43. The molecular weight excluding hydrogens is 313 g/mol. The molecule has 0 radical (unpaired) electrons. The van der Waals surface area contributed by atoms with Gasteiger partial charge in [-0.2, -0.15) is 0 Å². The van der Waals surface area contributed by atoms with E-state index in [1.165, 1.54) is 18.2 Å². The van der Waals surface area contributed by atoms with Gasteiger partial charge in [-0.1, -0.05) is 12.1 Å². The minimum absolute atomic E-state index is 0.222. The summed E-state index contributed by atoms with van der Waals surface area (Å²) in [5.74, 6) is -1.34. The van der Waals surface area contributed by atoms with Crippen LogP contribution in [0, 0.1) is 17.5 Å². The summed E-state index contributed by atoms with van der Waals surface area (Å²) >= 11 is 0. The second-order valence-electron chi connectivity index (χ2n) is 6.09. The summed E-state index contributed by atoms with van der Waals surface area (Å²) in [7, 11) is 0. The van der Waals surface area contributed by atoms with Crippen LogP contribution < -0.4 is 10.2 Å². The molecule has 24 heavy (non-hydrogen) atoms. The predicted molar refractivity (Wildman–Crippen MR) is 89.6 cm³/mol. The number of nitrogens with zero attached hydrogens (tertiary/aromatic N) is 1. The van der Waals surface area contributed by atoms with Crippen LogP contribution in [0.15, 0.2) is 36.4 Å². The molecule has 2 aromatic rings. The standard InChI is InChI=1S/C19H21F3N2/c20-15-7-6-14(18(22)12-15)8-9-23-13-16-17(21)4-3-5-19(16)24-10-1-2-11-24/h3-7,12,23H,1-2,8-11,13H2. The molecule has 0 aliphatic carbocycles. The summed E-state index contributed by atoms with van der Waals surface area (Å²) < 4.78 is 40.7. The Labute approximate surface area is 140 Å². The molecule has 5 heteroatoms. The van der Waals surface area contributed by atoms with Crippen molar-refractivity contribution in [3.63, 3.8) is 0 Å². The van der Waals surface area contributed by atoms with Crippen LogP contribution in [0.3, 0.4) is 0 Å². The first-order chi connectivity index (χ1) is 11.6. The highest BCUT2D eigenvalue weighted by molar-refractivity contribution is 5.54. The average molecular weight is 334 g/mol. The Morgan fingerprint density at radius 2 is 1.75 bits per heavy atom. The summed E-state index contributed by atoms with van der Waals surface area (Å²) in [6.45, 7) is 2.80. The lowest BCUT2D eigenvalue weighted by Crippen LogP contribution is -2.23. The fourth-order valence-electron chi connectivity index (χ4n) is 3.14. The fraction of sp³-hybridized carbons (Fsp3) is 0.368. The van der Waals surface area contributed by atoms with E-state index in [-0.39, 0.29) is 5.82 Å². The van der Waals surface area contributed by atoms with Crippen molar-refractivity contribution in [3.05, 3.63) is 65.0 Å². The molecule has 0 saturated carbocycles. The van der Waals surface area contributed by atoms with Crippen molar-refractivity contribution >= 4 is 5.69 Å². The summed E-state index contributed by atoms with van der Waals surface area (Å²) in [5.41, 5.74) is 2.05. The van der Waals surface area contributed by atoms with Crippen molar-refractivity contribution < 1.29 is 13.2 Å². The van der Waals surface area contributed by atoms with Gasteiger partial charge in [0.25, 0.3) is 0 Å². The summed E-state index contributed by atoms with van der Waals surface area (Å²) in [6.07, 6.45) is 2.69. The maximum absolute atomic E-state index is 14.2. The third kappa shape index (κ3) is 3.90. The Balaban J connectivity index is 1.60. The molecule has 2 aromatic carbocycles. The van der Waals surface area contributed by atoms with Crippen LogP contribution >= 0.6 is 0 Å². The maximum Gasteiger partial charge on any atom is 0.129 e. The van der Waals surface area contributed by atoms with Gasteiger partial charge in [-0.3, -0.25) is 0 Å². The first kappa shape index (κ1) is 16.8. The molecule has 0 aromatic heterocycles. The van der Waals surface area contributed by atoms with E-state index in [0.29, 0.717) is 30.6 Å². The molecule has 1 fully saturated rings. The van der Waals surface area contributed by atoms with E-state index in [0.717, 1.165) is 37.7 Å². The van der Waals surface area contributed by atoms with Crippen LogP contribution in [0.2, 0.25) is 0 Å². The highest BCUT2D eigenvalue weighted by Crippen LogP contribution is 2.26. The van der Waals surface area contributed by atoms with Crippen molar-refractivity contribution in [2.75, 3.05) is 24.5 Å². The number of benzene rings is 2. The minimum Gasteiger partial charge on any atom is -0.371 e. The van der Waals surface area contributed by atoms with Gasteiger partial charge in [-0.05, 0) is 49.6 Å². The zero-order chi connectivity index (χ0) is 16.9. The first-order valence-electron chi connectivity index (χ1n) is 8.32. The molecule has 0 spiro atoms. The molecule has 0 atom stereocenters. The van der Waals surface area contributed by atoms with Crippen LogP contribution in [-0.2, 0) is 13.0 Å². The Kier molecular flexibility index (Phi) is 5.41. The fourth-order valence-corrected chi connectivity index (χ4v) is 3.14. The van der Waals surface area contributed by atoms with E-state index in [2.05, 4.69) is 10.2 Å². The smallest absolute Gasteiger partial charge is 0.129 e. The minimum atomic E-state index is -0.578. The number of anilines is 1. The van der Waals surface area contributed by atoms with Gasteiger partial charge in [0.1, 0.15) is 17.5 Å². The lowest BCUT2D eigenvalue weighted by Gasteiger charge is -2.22. The van der Waals surface area contributed by atoms with Gasteiger partial charge in [0.2, 0.25) is 0 Å². The topological polar surface area (TPSA) is 15.3 Å². The average Bonchev–Trinajstić information content (AvgIpc) is 3.08. The molecule has 0 bridgehead atoms. The Bertz CT molecular complexity index is 697. The summed E-state index contributed by atoms with van der Waals surface area (Å²) in [6, 6.07) is 8.74. The van der Waals surface area contributed by atoms with Crippen molar-refractivity contribution in [1.29, 1.82) is 0 Å². The lowest BCUT2D eigenvalue weighted by molar-refractivity contribution is 0.561. The highest BCUT2D eigenvalue weighted by atomic mass is 19.1. The van der Waals surface area contributed by atoms with Crippen LogP contribution in [0.25, 0.3) is 0 Å². The molecule has 1 saturated heterocycles. The van der Waals surface area contributed by atoms with Gasteiger partial charge in [-0.15, -0.1) is 0 Å². The number of hydrogen-bond acceptors (Lipinski definition) is 2. The molecule has 0 amide bonds. The second kappa shape index (κ2) is 7.71. The summed E-state index contributed by atoms with van der Waals surface area (Å²) in [4.78, 5) is 2.21. The molecule has 1 heterocycles. The third-order valence-corrected chi connectivity index (χ3v) is 4.43. The van der Waals surface area contributed by atoms with Gasteiger partial charge < -0.3 is 10.2 Å². The van der Waals surface area contributed by atoms with Crippen LogP contribution in [0.5, 0.6) is 0 Å². The van der Waals surface area contributed by atoms with Crippen LogP contribution in [0.1, 0.15) is 24.0 Å². The van der Waals surface area contributed by atoms with E-state index < -0.39 is 11.6 Å². The van der Waals surface area contributed by atoms with Gasteiger partial charge in [-0.25, -0.2) is 13.2 Å². The van der Waals surface area contributed by atoms with Crippen molar-refractivity contribution in [2.45, 2.75) is 25.8 Å². The Morgan fingerprint density at radius 3 is 2.50 bits per heavy atom. The number of halogens is 3. The lowest BCUT2D eigenvalue weighted by atomic mass is 10.1. The molecule has 1 N–H and O–H groups in total. The van der Waals surface area contributed by atoms with Crippen LogP contribution in [-0.4, -0.2) is 19.6 Å². The Hall–Kier alpha value is -2.01. The van der Waals surface area contributed by atoms with E-state index >= 15 is 0 Å². The molecule has 2 nitrogen and oxygen atoms in total. The van der Waals surface area contributed by atoms with E-state index in [1.54, 1.807) is 6.07 Å². The van der Waals surface area contributed by atoms with Gasteiger partial charge in [0.15, 0.2) is 0 Å². The molecule has 1 aliphatic heterocycles. The SMILES string of the molecule is Fc1ccc(CCNCc2c(F)cccc2N2CCCC2)c(F)c1. The maximum atomic E-state index is 14.2. The molecule has 1 aliphatic rings. The molecule has 128 valence electrons. The Morgan fingerprint density at radius 1 is 0.958 bits per heavy atom. The quantitative estimate of drug-likeness (QED) is 0.802. The second-order valence-corrected chi connectivity index (χ2v) is 6.09. The monoisotopic (exact) mass is 334 g/mol. The van der Waals surface area contributed by atoms with E-state index in [9.17, 15) is 13.2 Å². The van der Waals surface area contributed by atoms with Gasteiger partial charge in [0, 0.05) is 37.0 Å². The summed E-state index contributed by atoms with van der Waals surface area (Å²) in [5, 5.41) is 3.17. The van der Waals surface area contributed by atoms with Crippen LogP contribution in [0.4, 0.5) is 18.9 Å².